The maximum atomic E-state index is 13.5. The molecule has 3 rings (SSSR count). The number of amides is 2. The van der Waals surface area contributed by atoms with Gasteiger partial charge in [0.25, 0.3) is 0 Å². The van der Waals surface area contributed by atoms with Crippen LogP contribution in [0.25, 0.3) is 0 Å². The van der Waals surface area contributed by atoms with Gasteiger partial charge in [-0.25, -0.2) is 4.68 Å². The Labute approximate surface area is 187 Å². The number of likely N-dealkylation sites (tertiary alicyclic amines) is 1. The SMILES string of the molecule is CNC(=O)[C@H]1CC(O)CN1C(=O)C(n1cc(CNc2ccc(OC)cc2)nn1)C(C)(C)C. The van der Waals surface area contributed by atoms with Crippen molar-refractivity contribution in [2.75, 3.05) is 26.0 Å². The highest BCUT2D eigenvalue weighted by Gasteiger charge is 2.44. The van der Waals surface area contributed by atoms with Gasteiger partial charge in [0.15, 0.2) is 0 Å². The fourth-order valence-corrected chi connectivity index (χ4v) is 3.93. The van der Waals surface area contributed by atoms with E-state index in [0.717, 1.165) is 11.4 Å². The molecule has 3 atom stereocenters. The summed E-state index contributed by atoms with van der Waals surface area (Å²) in [6.45, 7) is 6.36. The minimum absolute atomic E-state index is 0.115. The van der Waals surface area contributed by atoms with Crippen LogP contribution in [0.3, 0.4) is 0 Å². The lowest BCUT2D eigenvalue weighted by Crippen LogP contribution is -2.49. The number of nitrogens with zero attached hydrogens (tertiary/aromatic N) is 4. The van der Waals surface area contributed by atoms with E-state index in [1.807, 2.05) is 45.0 Å². The Morgan fingerprint density at radius 3 is 2.56 bits per heavy atom. The molecule has 1 fully saturated rings. The van der Waals surface area contributed by atoms with Crippen LogP contribution >= 0.6 is 0 Å². The van der Waals surface area contributed by atoms with Crippen LogP contribution in [-0.4, -0.2) is 69.7 Å². The molecule has 2 unspecified atom stereocenters. The van der Waals surface area contributed by atoms with Crippen molar-refractivity contribution in [1.29, 1.82) is 0 Å². The number of aliphatic hydroxyl groups excluding tert-OH is 1. The van der Waals surface area contributed by atoms with Crippen LogP contribution in [0.5, 0.6) is 5.75 Å². The molecule has 1 aromatic carbocycles. The van der Waals surface area contributed by atoms with Crippen molar-refractivity contribution in [3.8, 4) is 5.75 Å². The zero-order chi connectivity index (χ0) is 23.5. The summed E-state index contributed by atoms with van der Waals surface area (Å²) in [5.41, 5.74) is 1.09. The van der Waals surface area contributed by atoms with Gasteiger partial charge in [-0.15, -0.1) is 5.10 Å². The maximum absolute atomic E-state index is 13.5. The molecule has 0 aliphatic carbocycles. The monoisotopic (exact) mass is 444 g/mol. The highest BCUT2D eigenvalue weighted by molar-refractivity contribution is 5.90. The molecule has 1 saturated heterocycles. The third kappa shape index (κ3) is 5.18. The van der Waals surface area contributed by atoms with Gasteiger partial charge < -0.3 is 25.4 Å². The Hall–Kier alpha value is -3.14. The first-order valence-electron chi connectivity index (χ1n) is 10.6. The van der Waals surface area contributed by atoms with Crippen molar-refractivity contribution in [2.24, 2.45) is 5.41 Å². The normalized spacial score (nSPS) is 19.5. The summed E-state index contributed by atoms with van der Waals surface area (Å²) in [7, 11) is 3.14. The summed E-state index contributed by atoms with van der Waals surface area (Å²) in [5.74, 6) is 0.225. The summed E-state index contributed by atoms with van der Waals surface area (Å²) in [5, 5.41) is 24.4. The van der Waals surface area contributed by atoms with Gasteiger partial charge in [-0.1, -0.05) is 26.0 Å². The number of benzene rings is 1. The molecule has 1 aromatic heterocycles. The second kappa shape index (κ2) is 9.56. The van der Waals surface area contributed by atoms with E-state index in [1.54, 1.807) is 18.0 Å². The third-order valence-corrected chi connectivity index (χ3v) is 5.55. The molecule has 10 nitrogen and oxygen atoms in total. The van der Waals surface area contributed by atoms with Crippen molar-refractivity contribution >= 4 is 17.5 Å². The molecule has 32 heavy (non-hydrogen) atoms. The number of hydrogen-bond donors (Lipinski definition) is 3. The lowest BCUT2D eigenvalue weighted by atomic mass is 9.85. The van der Waals surface area contributed by atoms with Crippen molar-refractivity contribution in [3.63, 3.8) is 0 Å². The lowest BCUT2D eigenvalue weighted by Gasteiger charge is -2.34. The fourth-order valence-electron chi connectivity index (χ4n) is 3.93. The lowest BCUT2D eigenvalue weighted by molar-refractivity contribution is -0.144. The van der Waals surface area contributed by atoms with Crippen molar-refractivity contribution in [1.82, 2.24) is 25.2 Å². The summed E-state index contributed by atoms with van der Waals surface area (Å²) < 4.78 is 6.72. The van der Waals surface area contributed by atoms with Gasteiger partial charge in [-0.3, -0.25) is 9.59 Å². The number of aliphatic hydroxyl groups is 1. The largest absolute Gasteiger partial charge is 0.497 e. The number of carbonyl (C=O) groups excluding carboxylic acids is 2. The van der Waals surface area contributed by atoms with E-state index >= 15 is 0 Å². The number of β-amino-alcohol motifs (C(OH)–C–C–N with tert-alkyl or cyclic N) is 1. The maximum Gasteiger partial charge on any atom is 0.248 e. The van der Waals surface area contributed by atoms with Gasteiger partial charge in [0.05, 0.1) is 26.0 Å². The van der Waals surface area contributed by atoms with Crippen LogP contribution in [-0.2, 0) is 16.1 Å². The Bertz CT molecular complexity index is 937. The first kappa shape index (κ1) is 23.5. The number of aromatic nitrogens is 3. The predicted molar refractivity (Wildman–Crippen MR) is 119 cm³/mol. The summed E-state index contributed by atoms with van der Waals surface area (Å²) >= 11 is 0. The first-order chi connectivity index (χ1) is 15.1. The molecule has 2 amide bonds. The number of carbonyl (C=O) groups is 2. The molecule has 2 aromatic rings. The van der Waals surface area contributed by atoms with E-state index < -0.39 is 23.6 Å². The second-order valence-electron chi connectivity index (χ2n) is 9.05. The summed E-state index contributed by atoms with van der Waals surface area (Å²) in [6.07, 6.45) is 1.23. The number of rotatable bonds is 7. The third-order valence-electron chi connectivity index (χ3n) is 5.55. The Morgan fingerprint density at radius 1 is 1.28 bits per heavy atom. The van der Waals surface area contributed by atoms with Crippen LogP contribution in [0.2, 0.25) is 0 Å². The minimum atomic E-state index is -0.734. The Balaban J connectivity index is 1.77. The number of hydrogen-bond acceptors (Lipinski definition) is 7. The van der Waals surface area contributed by atoms with Gasteiger partial charge in [0.2, 0.25) is 11.8 Å². The van der Waals surface area contributed by atoms with Gasteiger partial charge in [-0.2, -0.15) is 0 Å². The second-order valence-corrected chi connectivity index (χ2v) is 9.05. The van der Waals surface area contributed by atoms with Gasteiger partial charge in [-0.05, 0) is 29.7 Å². The van der Waals surface area contributed by atoms with E-state index in [-0.39, 0.29) is 24.8 Å². The molecule has 0 radical (unpaired) electrons. The minimum Gasteiger partial charge on any atom is -0.497 e. The topological polar surface area (TPSA) is 122 Å². The van der Waals surface area contributed by atoms with Crippen LogP contribution < -0.4 is 15.4 Å². The smallest absolute Gasteiger partial charge is 0.248 e. The highest BCUT2D eigenvalue weighted by Crippen LogP contribution is 2.34. The number of methoxy groups -OCH3 is 1. The molecular weight excluding hydrogens is 412 g/mol. The number of ether oxygens (including phenoxy) is 1. The zero-order valence-electron chi connectivity index (χ0n) is 19.2. The molecule has 0 saturated carbocycles. The molecule has 1 aliphatic rings. The standard InChI is InChI=1S/C22H32N6O4/c1-22(2,3)19(21(31)27-13-16(29)10-18(27)20(30)23-4)28-12-15(25-26-28)11-24-14-6-8-17(32-5)9-7-14/h6-9,12,16,18-19,24,29H,10-11,13H2,1-5H3,(H,23,30)/t16?,18-,19?/m1/s1. The molecule has 174 valence electrons. The molecule has 1 aliphatic heterocycles. The number of anilines is 1. The van der Waals surface area contributed by atoms with Crippen molar-refractivity contribution in [2.45, 2.75) is 51.9 Å². The van der Waals surface area contributed by atoms with Crippen molar-refractivity contribution < 1.29 is 19.4 Å². The average molecular weight is 445 g/mol. The molecule has 0 spiro atoms. The molecule has 3 N–H and O–H groups in total. The van der Waals surface area contributed by atoms with Gasteiger partial charge >= 0.3 is 0 Å². The van der Waals surface area contributed by atoms with E-state index in [9.17, 15) is 14.7 Å². The zero-order valence-corrected chi connectivity index (χ0v) is 19.2. The molecule has 2 heterocycles. The predicted octanol–water partition coefficient (Wildman–Crippen LogP) is 1.19. The van der Waals surface area contributed by atoms with E-state index in [0.29, 0.717) is 12.2 Å². The number of nitrogens with one attached hydrogen (secondary N) is 2. The summed E-state index contributed by atoms with van der Waals surface area (Å²) in [6, 6.07) is 6.15. The molecule has 10 heteroatoms. The Kier molecular flexibility index (Phi) is 7.02. The molecule has 0 bridgehead atoms. The van der Waals surface area contributed by atoms with Crippen LogP contribution in [0.4, 0.5) is 5.69 Å². The molecular formula is C22H32N6O4. The highest BCUT2D eigenvalue weighted by atomic mass is 16.5. The average Bonchev–Trinajstić information content (AvgIpc) is 3.37. The van der Waals surface area contributed by atoms with Gasteiger partial charge in [0, 0.05) is 25.7 Å². The number of likely N-dealkylation sites (N-methyl/N-ethyl adjacent to an activating group) is 1. The quantitative estimate of drug-likeness (QED) is 0.586. The fraction of sp³-hybridized carbons (Fsp3) is 0.545. The van der Waals surface area contributed by atoms with Crippen LogP contribution in [0, 0.1) is 5.41 Å². The first-order valence-corrected chi connectivity index (χ1v) is 10.6. The Morgan fingerprint density at radius 2 is 1.97 bits per heavy atom. The summed E-state index contributed by atoms with van der Waals surface area (Å²) in [4.78, 5) is 27.3. The van der Waals surface area contributed by atoms with E-state index in [2.05, 4.69) is 20.9 Å². The van der Waals surface area contributed by atoms with Crippen molar-refractivity contribution in [3.05, 3.63) is 36.2 Å². The van der Waals surface area contributed by atoms with Crippen LogP contribution in [0.1, 0.15) is 38.9 Å². The van der Waals surface area contributed by atoms with E-state index in [4.69, 9.17) is 4.74 Å². The van der Waals surface area contributed by atoms with Gasteiger partial charge in [0.1, 0.15) is 23.5 Å². The van der Waals surface area contributed by atoms with Crippen LogP contribution in [0.15, 0.2) is 30.5 Å². The van der Waals surface area contributed by atoms with E-state index in [1.165, 1.54) is 11.9 Å².